The van der Waals surface area contributed by atoms with Crippen LogP contribution in [0.4, 0.5) is 0 Å². The Morgan fingerprint density at radius 2 is 1.87 bits per heavy atom. The molecule has 3 N–H and O–H groups in total. The Balaban J connectivity index is 1.77. The van der Waals surface area contributed by atoms with Gasteiger partial charge in [0.2, 0.25) is 5.91 Å². The van der Waals surface area contributed by atoms with Crippen LogP contribution in [-0.4, -0.2) is 24.9 Å². The molecule has 0 saturated carbocycles. The molecule has 0 aliphatic heterocycles. The third kappa shape index (κ3) is 4.96. The van der Waals surface area contributed by atoms with E-state index < -0.39 is 0 Å². The highest BCUT2D eigenvalue weighted by molar-refractivity contribution is 5.93. The van der Waals surface area contributed by atoms with Crippen LogP contribution in [0.5, 0.6) is 0 Å². The minimum Gasteiger partial charge on any atom is -0.467 e. The van der Waals surface area contributed by atoms with Crippen molar-refractivity contribution in [2.75, 3.05) is 7.05 Å². The van der Waals surface area contributed by atoms with Gasteiger partial charge in [-0.1, -0.05) is 12.1 Å². The summed E-state index contributed by atoms with van der Waals surface area (Å²) in [5.41, 5.74) is 1.61. The van der Waals surface area contributed by atoms with Crippen molar-refractivity contribution in [2.24, 2.45) is 0 Å². The Bertz CT molecular complexity index is 636. The van der Waals surface area contributed by atoms with Gasteiger partial charge >= 0.3 is 0 Å². The number of hydrogen-bond acceptors (Lipinski definition) is 4. The van der Waals surface area contributed by atoms with Gasteiger partial charge in [0.1, 0.15) is 5.76 Å². The van der Waals surface area contributed by atoms with Crippen molar-refractivity contribution in [2.45, 2.75) is 26.1 Å². The van der Waals surface area contributed by atoms with E-state index in [-0.39, 0.29) is 17.9 Å². The summed E-state index contributed by atoms with van der Waals surface area (Å²) in [4.78, 5) is 23.4. The van der Waals surface area contributed by atoms with Crippen LogP contribution >= 0.6 is 0 Å². The van der Waals surface area contributed by atoms with Crippen molar-refractivity contribution in [1.29, 1.82) is 0 Å². The first-order valence-corrected chi connectivity index (χ1v) is 7.44. The average molecular weight is 315 g/mol. The molecular weight excluding hydrogens is 294 g/mol. The highest BCUT2D eigenvalue weighted by Gasteiger charge is 2.12. The van der Waals surface area contributed by atoms with Gasteiger partial charge in [-0.15, -0.1) is 0 Å². The van der Waals surface area contributed by atoms with Crippen LogP contribution in [0, 0.1) is 0 Å². The summed E-state index contributed by atoms with van der Waals surface area (Å²) >= 11 is 0. The number of furan rings is 1. The second kappa shape index (κ2) is 8.14. The second-order valence-electron chi connectivity index (χ2n) is 5.18. The maximum atomic E-state index is 12.0. The standard InChI is InChI=1S/C17H21N3O3/c1-12(16(21)20-11-15-4-3-9-23-15)19-10-13-5-7-14(8-6-13)17(22)18-2/h3-9,12,19H,10-11H2,1-2H3,(H,18,22)(H,20,21). The maximum Gasteiger partial charge on any atom is 0.251 e. The Hall–Kier alpha value is -2.60. The predicted molar refractivity (Wildman–Crippen MR) is 86.7 cm³/mol. The summed E-state index contributed by atoms with van der Waals surface area (Å²) in [6.45, 7) is 2.72. The smallest absolute Gasteiger partial charge is 0.251 e. The molecule has 1 unspecified atom stereocenters. The fourth-order valence-electron chi connectivity index (χ4n) is 2.02. The lowest BCUT2D eigenvalue weighted by Crippen LogP contribution is -2.41. The molecule has 2 amide bonds. The number of nitrogens with one attached hydrogen (secondary N) is 3. The third-order valence-electron chi connectivity index (χ3n) is 3.47. The zero-order valence-corrected chi connectivity index (χ0v) is 13.3. The first-order valence-electron chi connectivity index (χ1n) is 7.44. The van der Waals surface area contributed by atoms with Crippen molar-refractivity contribution in [1.82, 2.24) is 16.0 Å². The van der Waals surface area contributed by atoms with Crippen LogP contribution in [0.2, 0.25) is 0 Å². The fraction of sp³-hybridized carbons (Fsp3) is 0.294. The van der Waals surface area contributed by atoms with Crippen LogP contribution in [0.25, 0.3) is 0 Å². The first-order chi connectivity index (χ1) is 11.1. The molecule has 1 atom stereocenters. The zero-order chi connectivity index (χ0) is 16.7. The van der Waals surface area contributed by atoms with Crippen molar-refractivity contribution in [3.05, 3.63) is 59.5 Å². The zero-order valence-electron chi connectivity index (χ0n) is 13.3. The normalized spacial score (nSPS) is 11.7. The number of amides is 2. The molecule has 0 saturated heterocycles. The molecule has 2 rings (SSSR count). The van der Waals surface area contributed by atoms with E-state index in [9.17, 15) is 9.59 Å². The van der Waals surface area contributed by atoms with E-state index in [0.717, 1.165) is 11.3 Å². The fourth-order valence-corrected chi connectivity index (χ4v) is 2.02. The van der Waals surface area contributed by atoms with Crippen LogP contribution in [0.15, 0.2) is 47.1 Å². The quantitative estimate of drug-likeness (QED) is 0.722. The molecule has 0 bridgehead atoms. The predicted octanol–water partition coefficient (Wildman–Crippen LogP) is 1.43. The van der Waals surface area contributed by atoms with Gasteiger partial charge in [-0.3, -0.25) is 9.59 Å². The van der Waals surface area contributed by atoms with Gasteiger partial charge in [-0.05, 0) is 36.8 Å². The number of carbonyl (C=O) groups excluding carboxylic acids is 2. The maximum absolute atomic E-state index is 12.0. The van der Waals surface area contributed by atoms with Crippen LogP contribution < -0.4 is 16.0 Å². The Morgan fingerprint density at radius 1 is 1.13 bits per heavy atom. The van der Waals surface area contributed by atoms with Gasteiger partial charge in [0.15, 0.2) is 0 Å². The van der Waals surface area contributed by atoms with Gasteiger partial charge < -0.3 is 20.4 Å². The summed E-state index contributed by atoms with van der Waals surface area (Å²) in [5.74, 6) is 0.508. The van der Waals surface area contributed by atoms with E-state index in [0.29, 0.717) is 18.7 Å². The molecule has 0 aliphatic rings. The molecule has 23 heavy (non-hydrogen) atoms. The Kier molecular flexibility index (Phi) is 5.94. The molecule has 0 aliphatic carbocycles. The van der Waals surface area contributed by atoms with E-state index in [2.05, 4.69) is 16.0 Å². The molecule has 0 spiro atoms. The molecule has 0 radical (unpaired) electrons. The lowest BCUT2D eigenvalue weighted by Gasteiger charge is -2.13. The molecule has 1 aromatic heterocycles. The van der Waals surface area contributed by atoms with E-state index in [1.807, 2.05) is 18.2 Å². The summed E-state index contributed by atoms with van der Waals surface area (Å²) in [7, 11) is 1.60. The second-order valence-corrected chi connectivity index (χ2v) is 5.18. The molecule has 1 heterocycles. The first kappa shape index (κ1) is 16.8. The molecule has 6 heteroatoms. The highest BCUT2D eigenvalue weighted by atomic mass is 16.3. The van der Waals surface area contributed by atoms with Gasteiger partial charge in [0.05, 0.1) is 18.8 Å². The minimum atomic E-state index is -0.330. The van der Waals surface area contributed by atoms with Crippen molar-refractivity contribution >= 4 is 11.8 Å². The lowest BCUT2D eigenvalue weighted by atomic mass is 10.1. The SMILES string of the molecule is CNC(=O)c1ccc(CNC(C)C(=O)NCc2ccco2)cc1. The Labute approximate surface area is 135 Å². The van der Waals surface area contributed by atoms with E-state index in [1.165, 1.54) is 0 Å². The summed E-state index contributed by atoms with van der Waals surface area (Å²) in [6.07, 6.45) is 1.58. The van der Waals surface area contributed by atoms with Crippen molar-refractivity contribution in [3.8, 4) is 0 Å². The molecule has 0 fully saturated rings. The molecule has 122 valence electrons. The number of hydrogen-bond donors (Lipinski definition) is 3. The van der Waals surface area contributed by atoms with Gasteiger partial charge in [0.25, 0.3) is 5.91 Å². The average Bonchev–Trinajstić information content (AvgIpc) is 3.10. The van der Waals surface area contributed by atoms with E-state index in [4.69, 9.17) is 4.42 Å². The van der Waals surface area contributed by atoms with Crippen molar-refractivity contribution < 1.29 is 14.0 Å². The number of benzene rings is 1. The van der Waals surface area contributed by atoms with E-state index in [1.54, 1.807) is 38.4 Å². The van der Waals surface area contributed by atoms with E-state index >= 15 is 0 Å². The monoisotopic (exact) mass is 315 g/mol. The Morgan fingerprint density at radius 3 is 2.48 bits per heavy atom. The summed E-state index contributed by atoms with van der Waals surface area (Å²) in [5, 5.41) is 8.53. The molecule has 6 nitrogen and oxygen atoms in total. The summed E-state index contributed by atoms with van der Waals surface area (Å²) < 4.78 is 5.16. The topological polar surface area (TPSA) is 83.4 Å². The highest BCUT2D eigenvalue weighted by Crippen LogP contribution is 2.05. The number of carbonyl (C=O) groups is 2. The van der Waals surface area contributed by atoms with Crippen LogP contribution in [-0.2, 0) is 17.9 Å². The third-order valence-corrected chi connectivity index (χ3v) is 3.47. The lowest BCUT2D eigenvalue weighted by molar-refractivity contribution is -0.123. The molecular formula is C17H21N3O3. The summed E-state index contributed by atoms with van der Waals surface area (Å²) in [6, 6.07) is 10.5. The van der Waals surface area contributed by atoms with Crippen LogP contribution in [0.1, 0.15) is 28.6 Å². The van der Waals surface area contributed by atoms with Gasteiger partial charge in [-0.2, -0.15) is 0 Å². The van der Waals surface area contributed by atoms with Crippen LogP contribution in [0.3, 0.4) is 0 Å². The molecule has 2 aromatic rings. The van der Waals surface area contributed by atoms with Crippen molar-refractivity contribution in [3.63, 3.8) is 0 Å². The largest absolute Gasteiger partial charge is 0.467 e. The van der Waals surface area contributed by atoms with Gasteiger partial charge in [0, 0.05) is 19.2 Å². The molecule has 1 aromatic carbocycles. The minimum absolute atomic E-state index is 0.0941. The van der Waals surface area contributed by atoms with Gasteiger partial charge in [-0.25, -0.2) is 0 Å². The number of rotatable bonds is 7.